The second-order valence-electron chi connectivity index (χ2n) is 13.7. The van der Waals surface area contributed by atoms with Gasteiger partial charge in [0.05, 0.1) is 24.9 Å². The topological polar surface area (TPSA) is 134 Å². The summed E-state index contributed by atoms with van der Waals surface area (Å²) in [4.78, 5) is 24.3. The Balaban J connectivity index is 3.91. The minimum atomic E-state index is -1.09. The summed E-state index contributed by atoms with van der Waals surface area (Å²) in [5.41, 5.74) is 0. The van der Waals surface area contributed by atoms with E-state index in [0.29, 0.717) is 12.8 Å². The zero-order chi connectivity index (χ0) is 37.1. The molecule has 0 aromatic rings. The third kappa shape index (κ3) is 32.7. The third-order valence-electron chi connectivity index (χ3n) is 8.35. The first kappa shape index (κ1) is 47.5. The standard InChI is InChI=1S/C42H72O8/c1-4-5-21-28-37(44)29-23-18-15-16-19-24-30-39(45)40(46)31-26-33-41(47)49-35-38(34-43)50-42(48)32-25-20-14-12-10-8-6-7-9-11-13-17-22-27-36(2)3/h5,15-16,18-19,21,23-24,29-30,36-40,43-46H,4,6-14,17,20,22,25-28,31-35H2,1-3H3/b18-15+,19-16-,21-5-,29-23+,30-24-/t37-,38+,39+,40+/m1/s1. The minimum absolute atomic E-state index is 0.0277. The maximum atomic E-state index is 12.2. The van der Waals surface area contributed by atoms with Gasteiger partial charge in [0.2, 0.25) is 0 Å². The molecule has 8 heteroatoms. The number of aliphatic hydroxyl groups is 4. The lowest BCUT2D eigenvalue weighted by molar-refractivity contribution is -0.161. The van der Waals surface area contributed by atoms with Crippen molar-refractivity contribution in [1.82, 2.24) is 0 Å². The maximum Gasteiger partial charge on any atom is 0.306 e. The highest BCUT2D eigenvalue weighted by Gasteiger charge is 2.17. The summed E-state index contributed by atoms with van der Waals surface area (Å²) >= 11 is 0. The molecule has 0 aliphatic heterocycles. The van der Waals surface area contributed by atoms with Crippen molar-refractivity contribution >= 4 is 11.9 Å². The van der Waals surface area contributed by atoms with E-state index >= 15 is 0 Å². The molecule has 0 aliphatic carbocycles. The van der Waals surface area contributed by atoms with Crippen molar-refractivity contribution in [3.05, 3.63) is 60.8 Å². The molecule has 288 valence electrons. The summed E-state index contributed by atoms with van der Waals surface area (Å²) in [6.07, 6.45) is 33.8. The van der Waals surface area contributed by atoms with Gasteiger partial charge in [-0.2, -0.15) is 0 Å². The number of carbonyl (C=O) groups is 2. The molecule has 0 heterocycles. The zero-order valence-electron chi connectivity index (χ0n) is 31.6. The fourth-order valence-corrected chi connectivity index (χ4v) is 5.26. The number of unbranched alkanes of at least 4 members (excludes halogenated alkanes) is 12. The van der Waals surface area contributed by atoms with Crippen LogP contribution in [0.4, 0.5) is 0 Å². The molecule has 0 saturated heterocycles. The lowest BCUT2D eigenvalue weighted by atomic mass is 10.0. The van der Waals surface area contributed by atoms with Gasteiger partial charge in [-0.05, 0) is 38.0 Å². The Labute approximate surface area is 304 Å². The molecule has 0 saturated carbocycles. The number of allylic oxidation sites excluding steroid dienone is 7. The Morgan fingerprint density at radius 2 is 1.14 bits per heavy atom. The molecule has 0 aromatic heterocycles. The molecule has 0 bridgehead atoms. The van der Waals surface area contributed by atoms with Gasteiger partial charge in [0.15, 0.2) is 6.10 Å². The molecule has 0 spiro atoms. The molecule has 4 atom stereocenters. The Bertz CT molecular complexity index is 951. The van der Waals surface area contributed by atoms with Gasteiger partial charge in [-0.25, -0.2) is 0 Å². The van der Waals surface area contributed by atoms with Gasteiger partial charge >= 0.3 is 11.9 Å². The molecule has 0 unspecified atom stereocenters. The predicted molar refractivity (Wildman–Crippen MR) is 204 cm³/mol. The van der Waals surface area contributed by atoms with E-state index < -0.39 is 43.0 Å². The predicted octanol–water partition coefficient (Wildman–Crippen LogP) is 8.78. The van der Waals surface area contributed by atoms with E-state index in [0.717, 1.165) is 31.6 Å². The molecule has 4 N–H and O–H groups in total. The summed E-state index contributed by atoms with van der Waals surface area (Å²) in [6.45, 7) is 5.98. The highest BCUT2D eigenvalue weighted by atomic mass is 16.6. The Kier molecular flexibility index (Phi) is 33.1. The SMILES string of the molecule is CC/C=C\C[C@@H](O)/C=C/C=C/C=C\C=C/[C@H](O)[C@@H](O)CCCC(=O)OC[C@H](CO)OC(=O)CCCCCCCCCCCCCCCC(C)C. The van der Waals surface area contributed by atoms with Crippen LogP contribution in [-0.2, 0) is 19.1 Å². The number of hydrogen-bond donors (Lipinski definition) is 4. The largest absolute Gasteiger partial charge is 0.462 e. The highest BCUT2D eigenvalue weighted by Crippen LogP contribution is 2.15. The number of hydrogen-bond acceptors (Lipinski definition) is 8. The summed E-state index contributed by atoms with van der Waals surface area (Å²) < 4.78 is 10.4. The van der Waals surface area contributed by atoms with Crippen LogP contribution in [0.5, 0.6) is 0 Å². The second kappa shape index (κ2) is 34.9. The smallest absolute Gasteiger partial charge is 0.306 e. The van der Waals surface area contributed by atoms with Gasteiger partial charge in [-0.3, -0.25) is 9.59 Å². The van der Waals surface area contributed by atoms with E-state index in [2.05, 4.69) is 13.8 Å². The molecule has 50 heavy (non-hydrogen) atoms. The average Bonchev–Trinajstić information content (AvgIpc) is 3.09. The molecular weight excluding hydrogens is 632 g/mol. The van der Waals surface area contributed by atoms with E-state index in [4.69, 9.17) is 9.47 Å². The second-order valence-corrected chi connectivity index (χ2v) is 13.7. The van der Waals surface area contributed by atoms with E-state index in [1.54, 1.807) is 42.5 Å². The van der Waals surface area contributed by atoms with E-state index in [1.165, 1.54) is 76.7 Å². The molecule has 0 radical (unpaired) electrons. The van der Waals surface area contributed by atoms with Crippen molar-refractivity contribution in [1.29, 1.82) is 0 Å². The first-order valence-electron chi connectivity index (χ1n) is 19.5. The average molecular weight is 705 g/mol. The van der Waals surface area contributed by atoms with Gasteiger partial charge in [0.25, 0.3) is 0 Å². The summed E-state index contributed by atoms with van der Waals surface area (Å²) in [7, 11) is 0. The van der Waals surface area contributed by atoms with Crippen molar-refractivity contribution in [2.75, 3.05) is 13.2 Å². The molecule has 0 rings (SSSR count). The quantitative estimate of drug-likeness (QED) is 0.0231. The first-order chi connectivity index (χ1) is 24.2. The van der Waals surface area contributed by atoms with Crippen LogP contribution in [0.15, 0.2) is 60.8 Å². The van der Waals surface area contributed by atoms with Crippen molar-refractivity contribution in [2.24, 2.45) is 5.92 Å². The number of esters is 2. The summed E-state index contributed by atoms with van der Waals surface area (Å²) in [6, 6.07) is 0. The van der Waals surface area contributed by atoms with Crippen LogP contribution in [-0.4, -0.2) is 70.0 Å². The maximum absolute atomic E-state index is 12.2. The van der Waals surface area contributed by atoms with E-state index in [1.807, 2.05) is 19.1 Å². The number of carbonyl (C=O) groups excluding carboxylic acids is 2. The molecule has 0 aromatic carbocycles. The number of rotatable bonds is 33. The normalized spacial score (nSPS) is 14.9. The molecule has 0 aliphatic rings. The Morgan fingerprint density at radius 1 is 0.620 bits per heavy atom. The summed E-state index contributed by atoms with van der Waals surface area (Å²) in [5.74, 6) is -0.0995. The van der Waals surface area contributed by atoms with Crippen LogP contribution in [0.3, 0.4) is 0 Å². The summed E-state index contributed by atoms with van der Waals surface area (Å²) in [5, 5.41) is 39.6. The lowest BCUT2D eigenvalue weighted by Gasteiger charge is -2.16. The fourth-order valence-electron chi connectivity index (χ4n) is 5.26. The van der Waals surface area contributed by atoms with Gasteiger partial charge < -0.3 is 29.9 Å². The monoisotopic (exact) mass is 705 g/mol. The van der Waals surface area contributed by atoms with Crippen molar-refractivity contribution in [2.45, 2.75) is 174 Å². The van der Waals surface area contributed by atoms with Crippen LogP contribution in [0, 0.1) is 5.92 Å². The highest BCUT2D eigenvalue weighted by molar-refractivity contribution is 5.70. The minimum Gasteiger partial charge on any atom is -0.462 e. The van der Waals surface area contributed by atoms with Gasteiger partial charge in [0, 0.05) is 12.8 Å². The molecule has 0 amide bonds. The van der Waals surface area contributed by atoms with Crippen molar-refractivity contribution in [3.63, 3.8) is 0 Å². The fraction of sp³-hybridized carbons (Fsp3) is 0.714. The zero-order valence-corrected chi connectivity index (χ0v) is 31.6. The van der Waals surface area contributed by atoms with Crippen LogP contribution in [0.2, 0.25) is 0 Å². The van der Waals surface area contributed by atoms with Crippen LogP contribution in [0.25, 0.3) is 0 Å². The van der Waals surface area contributed by atoms with Crippen LogP contribution >= 0.6 is 0 Å². The van der Waals surface area contributed by atoms with E-state index in [9.17, 15) is 30.0 Å². The Hall–Kier alpha value is -2.52. The molecule has 0 fully saturated rings. The third-order valence-corrected chi connectivity index (χ3v) is 8.35. The molecule has 8 nitrogen and oxygen atoms in total. The number of aliphatic hydroxyl groups excluding tert-OH is 4. The van der Waals surface area contributed by atoms with Gasteiger partial charge in [0.1, 0.15) is 6.61 Å². The van der Waals surface area contributed by atoms with E-state index in [-0.39, 0.29) is 25.9 Å². The molecular formula is C42H72O8. The Morgan fingerprint density at radius 3 is 1.70 bits per heavy atom. The van der Waals surface area contributed by atoms with Crippen molar-refractivity contribution in [3.8, 4) is 0 Å². The van der Waals surface area contributed by atoms with Gasteiger partial charge in [-0.1, -0.05) is 165 Å². The van der Waals surface area contributed by atoms with Crippen LogP contribution in [0.1, 0.15) is 149 Å². The van der Waals surface area contributed by atoms with Crippen molar-refractivity contribution < 1.29 is 39.5 Å². The lowest BCUT2D eigenvalue weighted by Crippen LogP contribution is -2.28. The number of ether oxygens (including phenoxy) is 2. The first-order valence-corrected chi connectivity index (χ1v) is 19.5. The van der Waals surface area contributed by atoms with Gasteiger partial charge in [-0.15, -0.1) is 0 Å². The van der Waals surface area contributed by atoms with Crippen LogP contribution < -0.4 is 0 Å².